The molecular weight excluding hydrogens is 302 g/mol. The number of hydrogen-bond acceptors (Lipinski definition) is 3. The highest BCUT2D eigenvalue weighted by atomic mass is 16.2. The first-order chi connectivity index (χ1) is 11.2. The Kier molecular flexibility index (Phi) is 7.42. The molecule has 3 N–H and O–H groups in total. The summed E-state index contributed by atoms with van der Waals surface area (Å²) in [6.45, 7) is 11.4. The van der Waals surface area contributed by atoms with E-state index in [-0.39, 0.29) is 17.2 Å². The third-order valence-electron chi connectivity index (χ3n) is 3.89. The number of hydrogen-bond donors (Lipinski definition) is 2. The molecule has 1 aromatic carbocycles. The van der Waals surface area contributed by atoms with E-state index in [0.29, 0.717) is 11.3 Å². The second kappa shape index (κ2) is 8.83. The molecular formula is C19H31N3O2. The molecule has 0 saturated carbocycles. The lowest BCUT2D eigenvalue weighted by atomic mass is 9.87. The molecule has 0 radical (unpaired) electrons. The van der Waals surface area contributed by atoms with E-state index < -0.39 is 6.04 Å². The van der Waals surface area contributed by atoms with Crippen molar-refractivity contribution in [2.75, 3.05) is 18.4 Å². The SMILES string of the molecule is CCCN(CCC)C(=O)c1ccc(NC(=O)[C@@H](N)C(C)(C)C)cc1. The van der Waals surface area contributed by atoms with Crippen LogP contribution >= 0.6 is 0 Å². The van der Waals surface area contributed by atoms with Crippen LogP contribution in [-0.4, -0.2) is 35.8 Å². The fourth-order valence-electron chi connectivity index (χ4n) is 2.35. The van der Waals surface area contributed by atoms with Crippen LogP contribution in [0.1, 0.15) is 57.8 Å². The number of amides is 2. The van der Waals surface area contributed by atoms with Crippen molar-refractivity contribution in [2.45, 2.75) is 53.5 Å². The Labute approximate surface area is 145 Å². The van der Waals surface area contributed by atoms with Crippen LogP contribution in [0.15, 0.2) is 24.3 Å². The van der Waals surface area contributed by atoms with Gasteiger partial charge in [-0.3, -0.25) is 9.59 Å². The molecule has 0 bridgehead atoms. The average molecular weight is 333 g/mol. The number of carbonyl (C=O) groups excluding carboxylic acids is 2. The number of rotatable bonds is 7. The first kappa shape index (κ1) is 20.2. The highest BCUT2D eigenvalue weighted by Crippen LogP contribution is 2.19. The van der Waals surface area contributed by atoms with Crippen molar-refractivity contribution in [1.29, 1.82) is 0 Å². The zero-order chi connectivity index (χ0) is 18.3. The second-order valence-electron chi connectivity index (χ2n) is 7.20. The third-order valence-corrected chi connectivity index (χ3v) is 3.89. The first-order valence-corrected chi connectivity index (χ1v) is 8.66. The van der Waals surface area contributed by atoms with E-state index in [4.69, 9.17) is 5.73 Å². The lowest BCUT2D eigenvalue weighted by Crippen LogP contribution is -2.45. The summed E-state index contributed by atoms with van der Waals surface area (Å²) in [6.07, 6.45) is 1.87. The Balaban J connectivity index is 2.78. The molecule has 1 rings (SSSR count). The maximum Gasteiger partial charge on any atom is 0.253 e. The van der Waals surface area contributed by atoms with Crippen LogP contribution in [0.25, 0.3) is 0 Å². The fourth-order valence-corrected chi connectivity index (χ4v) is 2.35. The Morgan fingerprint density at radius 3 is 2.00 bits per heavy atom. The molecule has 0 fully saturated rings. The molecule has 1 atom stereocenters. The fraction of sp³-hybridized carbons (Fsp3) is 0.579. The Bertz CT molecular complexity index is 541. The average Bonchev–Trinajstić information content (AvgIpc) is 2.53. The summed E-state index contributed by atoms with van der Waals surface area (Å²) in [6, 6.07) is 6.40. The van der Waals surface area contributed by atoms with Crippen molar-refractivity contribution in [3.05, 3.63) is 29.8 Å². The molecule has 0 spiro atoms. The molecule has 0 aliphatic heterocycles. The molecule has 1 aromatic rings. The van der Waals surface area contributed by atoms with Gasteiger partial charge in [0, 0.05) is 24.3 Å². The summed E-state index contributed by atoms with van der Waals surface area (Å²) in [5.41, 5.74) is 6.93. The molecule has 5 nitrogen and oxygen atoms in total. The smallest absolute Gasteiger partial charge is 0.253 e. The van der Waals surface area contributed by atoms with E-state index in [2.05, 4.69) is 19.2 Å². The van der Waals surface area contributed by atoms with Crippen LogP contribution in [0.3, 0.4) is 0 Å². The van der Waals surface area contributed by atoms with Crippen LogP contribution in [0.2, 0.25) is 0 Å². The quantitative estimate of drug-likeness (QED) is 0.804. The van der Waals surface area contributed by atoms with Crippen molar-refractivity contribution in [2.24, 2.45) is 11.1 Å². The monoisotopic (exact) mass is 333 g/mol. The van der Waals surface area contributed by atoms with Crippen LogP contribution in [-0.2, 0) is 4.79 Å². The van der Waals surface area contributed by atoms with Crippen LogP contribution < -0.4 is 11.1 Å². The third kappa shape index (κ3) is 5.64. The number of nitrogens with one attached hydrogen (secondary N) is 1. The highest BCUT2D eigenvalue weighted by molar-refractivity contribution is 5.97. The maximum absolute atomic E-state index is 12.5. The van der Waals surface area contributed by atoms with E-state index in [1.165, 1.54) is 0 Å². The predicted octanol–water partition coefficient (Wildman–Crippen LogP) is 3.26. The van der Waals surface area contributed by atoms with E-state index >= 15 is 0 Å². The summed E-state index contributed by atoms with van der Waals surface area (Å²) in [4.78, 5) is 26.5. The molecule has 0 saturated heterocycles. The Morgan fingerprint density at radius 2 is 1.58 bits per heavy atom. The van der Waals surface area contributed by atoms with Crippen molar-refractivity contribution in [1.82, 2.24) is 4.90 Å². The van der Waals surface area contributed by atoms with E-state index in [0.717, 1.165) is 25.9 Å². The molecule has 5 heteroatoms. The molecule has 0 aromatic heterocycles. The number of carbonyl (C=O) groups is 2. The molecule has 2 amide bonds. The maximum atomic E-state index is 12.5. The van der Waals surface area contributed by atoms with Gasteiger partial charge in [0.25, 0.3) is 5.91 Å². The van der Waals surface area contributed by atoms with Gasteiger partial charge >= 0.3 is 0 Å². The van der Waals surface area contributed by atoms with E-state index in [1.54, 1.807) is 24.3 Å². The summed E-state index contributed by atoms with van der Waals surface area (Å²) < 4.78 is 0. The number of nitrogens with zero attached hydrogens (tertiary/aromatic N) is 1. The summed E-state index contributed by atoms with van der Waals surface area (Å²) >= 11 is 0. The molecule has 0 aliphatic carbocycles. The van der Waals surface area contributed by atoms with Gasteiger partial charge in [-0.15, -0.1) is 0 Å². The molecule has 0 aliphatic rings. The summed E-state index contributed by atoms with van der Waals surface area (Å²) in [7, 11) is 0. The lowest BCUT2D eigenvalue weighted by molar-refractivity contribution is -0.119. The van der Waals surface area contributed by atoms with Crippen molar-refractivity contribution in [3.63, 3.8) is 0 Å². The lowest BCUT2D eigenvalue weighted by Gasteiger charge is -2.26. The standard InChI is InChI=1S/C19H31N3O2/c1-6-12-22(13-7-2)18(24)14-8-10-15(11-9-14)21-17(23)16(20)19(3,4)5/h8-11,16H,6-7,12-13,20H2,1-5H3,(H,21,23)/t16-/m1/s1. The van der Waals surface area contributed by atoms with Crippen LogP contribution in [0, 0.1) is 5.41 Å². The molecule has 24 heavy (non-hydrogen) atoms. The zero-order valence-corrected chi connectivity index (χ0v) is 15.6. The second-order valence-corrected chi connectivity index (χ2v) is 7.20. The van der Waals surface area contributed by atoms with Gasteiger partial charge in [0.1, 0.15) is 0 Å². The predicted molar refractivity (Wildman–Crippen MR) is 99.0 cm³/mol. The minimum Gasteiger partial charge on any atom is -0.339 e. The normalized spacial score (nSPS) is 12.6. The summed E-state index contributed by atoms with van der Waals surface area (Å²) in [5.74, 6) is -0.192. The van der Waals surface area contributed by atoms with Gasteiger partial charge in [-0.05, 0) is 42.5 Å². The molecule has 134 valence electrons. The molecule has 0 unspecified atom stereocenters. The number of anilines is 1. The van der Waals surface area contributed by atoms with Crippen molar-refractivity contribution in [3.8, 4) is 0 Å². The van der Waals surface area contributed by atoms with Gasteiger partial charge < -0.3 is 16.0 Å². The van der Waals surface area contributed by atoms with Gasteiger partial charge in [0.2, 0.25) is 5.91 Å². The minimum absolute atomic E-state index is 0.0305. The number of nitrogens with two attached hydrogens (primary N) is 1. The van der Waals surface area contributed by atoms with Crippen molar-refractivity contribution < 1.29 is 9.59 Å². The highest BCUT2D eigenvalue weighted by Gasteiger charge is 2.27. The number of benzene rings is 1. The van der Waals surface area contributed by atoms with Crippen molar-refractivity contribution >= 4 is 17.5 Å². The topological polar surface area (TPSA) is 75.4 Å². The van der Waals surface area contributed by atoms with Gasteiger partial charge in [0.05, 0.1) is 6.04 Å². The zero-order valence-electron chi connectivity index (χ0n) is 15.6. The van der Waals surface area contributed by atoms with Crippen LogP contribution in [0.5, 0.6) is 0 Å². The van der Waals surface area contributed by atoms with Crippen LogP contribution in [0.4, 0.5) is 5.69 Å². The minimum atomic E-state index is -0.594. The Morgan fingerprint density at radius 1 is 1.08 bits per heavy atom. The Hall–Kier alpha value is -1.88. The first-order valence-electron chi connectivity index (χ1n) is 8.66. The van der Waals surface area contributed by atoms with Gasteiger partial charge in [0.15, 0.2) is 0 Å². The van der Waals surface area contributed by atoms with Gasteiger partial charge in [-0.1, -0.05) is 34.6 Å². The van der Waals surface area contributed by atoms with Gasteiger partial charge in [-0.25, -0.2) is 0 Å². The largest absolute Gasteiger partial charge is 0.339 e. The molecule has 0 heterocycles. The summed E-state index contributed by atoms with van der Waals surface area (Å²) in [5, 5.41) is 2.81. The van der Waals surface area contributed by atoms with Gasteiger partial charge in [-0.2, -0.15) is 0 Å². The van der Waals surface area contributed by atoms with E-state index in [9.17, 15) is 9.59 Å². The van der Waals surface area contributed by atoms with E-state index in [1.807, 2.05) is 25.7 Å².